The molecule has 0 aliphatic heterocycles. The lowest BCUT2D eigenvalue weighted by atomic mass is 9.97. The zero-order valence-electron chi connectivity index (χ0n) is 13.1. The predicted molar refractivity (Wildman–Crippen MR) is 92.1 cm³/mol. The van der Waals surface area contributed by atoms with Gasteiger partial charge in [-0.05, 0) is 24.3 Å². The first-order valence-corrected chi connectivity index (χ1v) is 7.70. The number of hydrogen-bond donors (Lipinski definition) is 1. The number of aromatic nitrogens is 1. The second kappa shape index (κ2) is 7.06. The van der Waals surface area contributed by atoms with E-state index < -0.39 is 11.7 Å². The lowest BCUT2D eigenvalue weighted by Gasteiger charge is -2.29. The summed E-state index contributed by atoms with van der Waals surface area (Å²) in [5.74, 6) is -0.460. The summed E-state index contributed by atoms with van der Waals surface area (Å²) in [6, 6.07) is 23.7. The second-order valence-electron chi connectivity index (χ2n) is 5.51. The summed E-state index contributed by atoms with van der Waals surface area (Å²) in [5.41, 5.74) is 7.16. The molecular weight excluding hydrogens is 300 g/mol. The minimum Gasteiger partial charge on any atom is -0.436 e. The third-order valence-electron chi connectivity index (χ3n) is 3.72. The number of rotatable bonds is 5. The molecule has 120 valence electrons. The first kappa shape index (κ1) is 15.9. The molecule has 24 heavy (non-hydrogen) atoms. The van der Waals surface area contributed by atoms with Gasteiger partial charge in [0, 0.05) is 23.9 Å². The van der Waals surface area contributed by atoms with Gasteiger partial charge < -0.3 is 4.74 Å². The molecule has 0 saturated heterocycles. The SMILES string of the molecule is N[C@@](Cc1ccccn1)(OC(=O)c1ccccc1)c1ccccc1. The Morgan fingerprint density at radius 1 is 0.917 bits per heavy atom. The van der Waals surface area contributed by atoms with Gasteiger partial charge in [0.25, 0.3) is 0 Å². The maximum absolute atomic E-state index is 12.5. The predicted octanol–water partition coefficient (Wildman–Crippen LogP) is 3.29. The van der Waals surface area contributed by atoms with Crippen molar-refractivity contribution in [3.63, 3.8) is 0 Å². The zero-order chi connectivity index (χ0) is 16.8. The molecule has 0 fully saturated rings. The monoisotopic (exact) mass is 318 g/mol. The maximum atomic E-state index is 12.5. The molecule has 3 rings (SSSR count). The number of carbonyl (C=O) groups is 1. The van der Waals surface area contributed by atoms with Gasteiger partial charge in [-0.2, -0.15) is 0 Å². The average molecular weight is 318 g/mol. The number of hydrogen-bond acceptors (Lipinski definition) is 4. The summed E-state index contributed by atoms with van der Waals surface area (Å²) >= 11 is 0. The molecule has 0 aliphatic carbocycles. The number of nitrogens with two attached hydrogens (primary N) is 1. The Morgan fingerprint density at radius 2 is 1.54 bits per heavy atom. The maximum Gasteiger partial charge on any atom is 0.340 e. The number of pyridine rings is 1. The molecular formula is C20H18N2O2. The van der Waals surface area contributed by atoms with Crippen LogP contribution < -0.4 is 5.73 Å². The Balaban J connectivity index is 1.92. The van der Waals surface area contributed by atoms with Crippen molar-refractivity contribution < 1.29 is 9.53 Å². The van der Waals surface area contributed by atoms with Crippen LogP contribution in [0.1, 0.15) is 21.6 Å². The summed E-state index contributed by atoms with van der Waals surface area (Å²) in [7, 11) is 0. The smallest absolute Gasteiger partial charge is 0.340 e. The van der Waals surface area contributed by atoms with Crippen molar-refractivity contribution in [1.29, 1.82) is 0 Å². The van der Waals surface area contributed by atoms with Crippen LogP contribution in [0.15, 0.2) is 85.1 Å². The Kier molecular flexibility index (Phi) is 4.68. The van der Waals surface area contributed by atoms with Crippen LogP contribution in [0.3, 0.4) is 0 Å². The minimum absolute atomic E-state index is 0.288. The molecule has 3 aromatic rings. The largest absolute Gasteiger partial charge is 0.436 e. The first-order valence-electron chi connectivity index (χ1n) is 7.70. The fourth-order valence-electron chi connectivity index (χ4n) is 2.49. The van der Waals surface area contributed by atoms with E-state index in [1.807, 2.05) is 54.6 Å². The topological polar surface area (TPSA) is 65.2 Å². The van der Waals surface area contributed by atoms with Gasteiger partial charge in [-0.3, -0.25) is 10.7 Å². The molecule has 0 unspecified atom stereocenters. The summed E-state index contributed by atoms with van der Waals surface area (Å²) in [4.78, 5) is 16.8. The number of esters is 1. The van der Waals surface area contributed by atoms with Gasteiger partial charge in [0.1, 0.15) is 0 Å². The summed E-state index contributed by atoms with van der Waals surface area (Å²) in [5, 5.41) is 0. The van der Waals surface area contributed by atoms with E-state index in [4.69, 9.17) is 10.5 Å². The second-order valence-corrected chi connectivity index (χ2v) is 5.51. The first-order chi connectivity index (χ1) is 11.7. The van der Waals surface area contributed by atoms with Gasteiger partial charge in [0.15, 0.2) is 5.72 Å². The van der Waals surface area contributed by atoms with Crippen molar-refractivity contribution in [2.45, 2.75) is 12.1 Å². The van der Waals surface area contributed by atoms with Crippen LogP contribution in [-0.4, -0.2) is 11.0 Å². The van der Waals surface area contributed by atoms with Gasteiger partial charge in [-0.25, -0.2) is 4.79 Å². The van der Waals surface area contributed by atoms with Gasteiger partial charge >= 0.3 is 5.97 Å². The van der Waals surface area contributed by atoms with Gasteiger partial charge in [0.05, 0.1) is 5.56 Å². The highest BCUT2D eigenvalue weighted by molar-refractivity contribution is 5.89. The summed E-state index contributed by atoms with van der Waals surface area (Å²) in [6.45, 7) is 0. The van der Waals surface area contributed by atoms with Crippen LogP contribution in [0.5, 0.6) is 0 Å². The van der Waals surface area contributed by atoms with Crippen molar-refractivity contribution in [2.24, 2.45) is 5.73 Å². The van der Waals surface area contributed by atoms with Crippen molar-refractivity contribution in [1.82, 2.24) is 4.98 Å². The van der Waals surface area contributed by atoms with E-state index in [-0.39, 0.29) is 6.42 Å². The van der Waals surface area contributed by atoms with E-state index in [0.29, 0.717) is 5.56 Å². The highest BCUT2D eigenvalue weighted by atomic mass is 16.6. The van der Waals surface area contributed by atoms with E-state index >= 15 is 0 Å². The third-order valence-corrected chi connectivity index (χ3v) is 3.72. The highest BCUT2D eigenvalue weighted by Gasteiger charge is 2.33. The number of nitrogens with zero attached hydrogens (tertiary/aromatic N) is 1. The lowest BCUT2D eigenvalue weighted by molar-refractivity contribution is -0.0190. The highest BCUT2D eigenvalue weighted by Crippen LogP contribution is 2.25. The van der Waals surface area contributed by atoms with Crippen molar-refractivity contribution >= 4 is 5.97 Å². The number of benzene rings is 2. The van der Waals surface area contributed by atoms with Crippen LogP contribution in [-0.2, 0) is 16.9 Å². The van der Waals surface area contributed by atoms with Gasteiger partial charge in [-0.1, -0.05) is 54.6 Å². The molecule has 0 radical (unpaired) electrons. The fourth-order valence-corrected chi connectivity index (χ4v) is 2.49. The van der Waals surface area contributed by atoms with Crippen LogP contribution in [0, 0.1) is 0 Å². The van der Waals surface area contributed by atoms with E-state index in [0.717, 1.165) is 11.3 Å². The fraction of sp³-hybridized carbons (Fsp3) is 0.100. The van der Waals surface area contributed by atoms with E-state index in [1.165, 1.54) is 0 Å². The van der Waals surface area contributed by atoms with Crippen molar-refractivity contribution in [3.05, 3.63) is 102 Å². The van der Waals surface area contributed by atoms with Crippen LogP contribution in [0.25, 0.3) is 0 Å². The molecule has 1 atom stereocenters. The summed E-state index contributed by atoms with van der Waals surface area (Å²) < 4.78 is 5.71. The molecule has 1 aromatic heterocycles. The molecule has 1 heterocycles. The molecule has 0 spiro atoms. The average Bonchev–Trinajstić information content (AvgIpc) is 2.64. The van der Waals surface area contributed by atoms with Crippen LogP contribution >= 0.6 is 0 Å². The van der Waals surface area contributed by atoms with E-state index in [2.05, 4.69) is 4.98 Å². The van der Waals surface area contributed by atoms with Crippen LogP contribution in [0.4, 0.5) is 0 Å². The van der Waals surface area contributed by atoms with Crippen molar-refractivity contribution in [2.75, 3.05) is 0 Å². The molecule has 4 heteroatoms. The Hall–Kier alpha value is -2.98. The third kappa shape index (κ3) is 3.67. The molecule has 0 bridgehead atoms. The van der Waals surface area contributed by atoms with E-state index in [1.54, 1.807) is 30.5 Å². The molecule has 0 aliphatic rings. The van der Waals surface area contributed by atoms with Crippen LogP contribution in [0.2, 0.25) is 0 Å². The van der Waals surface area contributed by atoms with Gasteiger partial charge in [-0.15, -0.1) is 0 Å². The van der Waals surface area contributed by atoms with Gasteiger partial charge in [0.2, 0.25) is 0 Å². The Labute approximate surface area is 140 Å². The molecule has 4 nitrogen and oxygen atoms in total. The zero-order valence-corrected chi connectivity index (χ0v) is 13.1. The molecule has 2 N–H and O–H groups in total. The Morgan fingerprint density at radius 3 is 2.17 bits per heavy atom. The number of ether oxygens (including phenoxy) is 1. The lowest BCUT2D eigenvalue weighted by Crippen LogP contribution is -2.44. The van der Waals surface area contributed by atoms with E-state index in [9.17, 15) is 4.79 Å². The number of carbonyl (C=O) groups excluding carboxylic acids is 1. The van der Waals surface area contributed by atoms with Crippen molar-refractivity contribution in [3.8, 4) is 0 Å². The molecule has 0 saturated carbocycles. The quantitative estimate of drug-likeness (QED) is 0.579. The standard InChI is InChI=1S/C20H18N2O2/c21-20(17-11-5-2-6-12-17,15-18-13-7-8-14-22-18)24-19(23)16-9-3-1-4-10-16/h1-14H,15,21H2/t20-/m0/s1. The Bertz CT molecular complexity index is 792. The summed E-state index contributed by atoms with van der Waals surface area (Å²) in [6.07, 6.45) is 1.98. The minimum atomic E-state index is -1.29. The normalized spacial score (nSPS) is 13.0. The molecule has 0 amide bonds. The molecule has 2 aromatic carbocycles.